The van der Waals surface area contributed by atoms with Crippen molar-refractivity contribution in [1.82, 2.24) is 9.47 Å². The van der Waals surface area contributed by atoms with Crippen LogP contribution in [0.25, 0.3) is 11.8 Å². The molecule has 36 heavy (non-hydrogen) atoms. The van der Waals surface area contributed by atoms with Crippen LogP contribution in [0.5, 0.6) is 11.5 Å². The largest absolute Gasteiger partial charge is 0.465 e. The van der Waals surface area contributed by atoms with Crippen molar-refractivity contribution in [2.45, 2.75) is 20.4 Å². The molecular formula is C26H21ClN2O6S. The standard InChI is InChI=1S/C26H21ClN2O6S/c1-14-8-17(15(2)29(14)19-6-4-16(5-7-19)25(31)33-3)10-23-24(30)28(26(32)36-23)12-18-9-21-22(11-20(18)27)35-13-34-21/h4-11H,12-13H2,1-3H3/b23-10-. The molecule has 2 amide bonds. The van der Waals surface area contributed by atoms with E-state index in [2.05, 4.69) is 0 Å². The molecule has 0 aliphatic carbocycles. The Kier molecular flexibility index (Phi) is 6.27. The molecule has 8 nitrogen and oxygen atoms in total. The number of thioether (sulfide) groups is 1. The minimum atomic E-state index is -0.402. The number of carbonyl (C=O) groups excluding carboxylic acids is 3. The zero-order valence-electron chi connectivity index (χ0n) is 19.7. The lowest BCUT2D eigenvalue weighted by Crippen LogP contribution is -2.27. The number of aryl methyl sites for hydroxylation is 1. The molecule has 2 aliphatic heterocycles. The molecule has 184 valence electrons. The van der Waals surface area contributed by atoms with Crippen LogP contribution in [-0.4, -0.2) is 40.5 Å². The number of amides is 2. The van der Waals surface area contributed by atoms with Gasteiger partial charge in [-0.3, -0.25) is 14.5 Å². The number of benzene rings is 2. The number of hydrogen-bond acceptors (Lipinski definition) is 7. The molecule has 0 atom stereocenters. The van der Waals surface area contributed by atoms with Crippen LogP contribution in [0.3, 0.4) is 0 Å². The van der Waals surface area contributed by atoms with Gasteiger partial charge in [0.15, 0.2) is 11.5 Å². The lowest BCUT2D eigenvalue weighted by atomic mass is 10.1. The fourth-order valence-corrected chi connectivity index (χ4v) is 5.27. The minimum Gasteiger partial charge on any atom is -0.465 e. The third-order valence-corrected chi connectivity index (χ3v) is 7.31. The van der Waals surface area contributed by atoms with Crippen LogP contribution in [0.4, 0.5) is 4.79 Å². The molecule has 0 N–H and O–H groups in total. The first-order chi connectivity index (χ1) is 17.3. The predicted octanol–water partition coefficient (Wildman–Crippen LogP) is 5.50. The van der Waals surface area contributed by atoms with E-state index in [1.165, 1.54) is 12.0 Å². The lowest BCUT2D eigenvalue weighted by Gasteiger charge is -2.14. The van der Waals surface area contributed by atoms with E-state index in [0.29, 0.717) is 32.6 Å². The molecule has 1 aromatic heterocycles. The van der Waals surface area contributed by atoms with Crippen molar-refractivity contribution in [3.8, 4) is 17.2 Å². The summed E-state index contributed by atoms with van der Waals surface area (Å²) in [6.07, 6.45) is 1.73. The van der Waals surface area contributed by atoms with Crippen LogP contribution in [-0.2, 0) is 16.1 Å². The summed E-state index contributed by atoms with van der Waals surface area (Å²) in [4.78, 5) is 39.1. The summed E-state index contributed by atoms with van der Waals surface area (Å²) >= 11 is 7.24. The van der Waals surface area contributed by atoms with Crippen LogP contribution < -0.4 is 9.47 Å². The van der Waals surface area contributed by atoms with Gasteiger partial charge in [0.2, 0.25) is 6.79 Å². The molecule has 3 aromatic rings. The van der Waals surface area contributed by atoms with E-state index in [9.17, 15) is 14.4 Å². The van der Waals surface area contributed by atoms with Crippen molar-refractivity contribution in [2.75, 3.05) is 13.9 Å². The van der Waals surface area contributed by atoms with Gasteiger partial charge in [-0.05, 0) is 79.2 Å². The number of carbonyl (C=O) groups is 3. The smallest absolute Gasteiger partial charge is 0.337 e. The Morgan fingerprint density at radius 3 is 2.50 bits per heavy atom. The molecule has 3 heterocycles. The summed E-state index contributed by atoms with van der Waals surface area (Å²) < 4.78 is 17.5. The molecule has 0 saturated carbocycles. The first-order valence-corrected chi connectivity index (χ1v) is 12.2. The van der Waals surface area contributed by atoms with Crippen LogP contribution in [0.2, 0.25) is 5.02 Å². The highest BCUT2D eigenvalue weighted by Crippen LogP contribution is 2.39. The Labute approximate surface area is 216 Å². The van der Waals surface area contributed by atoms with Crippen LogP contribution in [0, 0.1) is 13.8 Å². The van der Waals surface area contributed by atoms with Crippen molar-refractivity contribution in [3.63, 3.8) is 0 Å². The van der Waals surface area contributed by atoms with Gasteiger partial charge in [-0.25, -0.2) is 4.79 Å². The SMILES string of the molecule is COC(=O)c1ccc(-n2c(C)cc(/C=C3\SC(=O)N(Cc4cc5c(cc4Cl)OCO5)C3=O)c2C)cc1. The zero-order chi connectivity index (χ0) is 25.6. The fraction of sp³-hybridized carbons (Fsp3) is 0.192. The molecule has 1 saturated heterocycles. The minimum absolute atomic E-state index is 0.0308. The number of aromatic nitrogens is 1. The number of hydrogen-bond donors (Lipinski definition) is 0. The molecule has 2 aromatic carbocycles. The van der Waals surface area contributed by atoms with Gasteiger partial charge < -0.3 is 18.8 Å². The van der Waals surface area contributed by atoms with E-state index in [1.807, 2.05) is 36.6 Å². The Morgan fingerprint density at radius 2 is 1.81 bits per heavy atom. The van der Waals surface area contributed by atoms with Crippen LogP contribution >= 0.6 is 23.4 Å². The third kappa shape index (κ3) is 4.25. The highest BCUT2D eigenvalue weighted by molar-refractivity contribution is 8.18. The summed E-state index contributed by atoms with van der Waals surface area (Å²) in [6.45, 7) is 4.02. The van der Waals surface area contributed by atoms with E-state index in [-0.39, 0.29) is 24.5 Å². The number of nitrogens with zero attached hydrogens (tertiary/aromatic N) is 2. The zero-order valence-corrected chi connectivity index (χ0v) is 21.2. The second-order valence-corrected chi connectivity index (χ2v) is 9.67. The van der Waals surface area contributed by atoms with Crippen molar-refractivity contribution in [1.29, 1.82) is 0 Å². The van der Waals surface area contributed by atoms with Crippen molar-refractivity contribution < 1.29 is 28.6 Å². The average molecular weight is 525 g/mol. The predicted molar refractivity (Wildman–Crippen MR) is 136 cm³/mol. The molecule has 10 heteroatoms. The molecule has 2 aliphatic rings. The summed E-state index contributed by atoms with van der Waals surface area (Å²) in [5, 5.41) is 0.0243. The number of halogens is 1. The topological polar surface area (TPSA) is 87.1 Å². The van der Waals surface area contributed by atoms with E-state index >= 15 is 0 Å². The normalized spacial score (nSPS) is 15.8. The Hall–Kier alpha value is -3.69. The maximum absolute atomic E-state index is 13.1. The Bertz CT molecular complexity index is 1440. The molecule has 0 radical (unpaired) electrons. The van der Waals surface area contributed by atoms with Crippen LogP contribution in [0.1, 0.15) is 32.9 Å². The number of rotatable bonds is 5. The maximum Gasteiger partial charge on any atom is 0.337 e. The quantitative estimate of drug-likeness (QED) is 0.322. The summed E-state index contributed by atoms with van der Waals surface area (Å²) in [5.41, 5.74) is 4.57. The summed E-state index contributed by atoms with van der Waals surface area (Å²) in [5.74, 6) is 0.281. The second-order valence-electron chi connectivity index (χ2n) is 8.27. The molecule has 0 bridgehead atoms. The molecule has 5 rings (SSSR count). The Balaban J connectivity index is 1.40. The summed E-state index contributed by atoms with van der Waals surface area (Å²) in [7, 11) is 1.34. The van der Waals surface area contributed by atoms with Crippen molar-refractivity contribution >= 4 is 46.6 Å². The summed E-state index contributed by atoms with van der Waals surface area (Å²) in [6, 6.07) is 12.3. The van der Waals surface area contributed by atoms with Gasteiger partial charge in [0, 0.05) is 28.2 Å². The van der Waals surface area contributed by atoms with Gasteiger partial charge in [-0.15, -0.1) is 0 Å². The number of imide groups is 1. The molecule has 1 fully saturated rings. The van der Waals surface area contributed by atoms with E-state index in [1.54, 1.807) is 30.3 Å². The molecular weight excluding hydrogens is 504 g/mol. The van der Waals surface area contributed by atoms with Crippen molar-refractivity contribution in [3.05, 3.63) is 80.5 Å². The highest BCUT2D eigenvalue weighted by atomic mass is 35.5. The maximum atomic E-state index is 13.1. The van der Waals surface area contributed by atoms with E-state index < -0.39 is 5.97 Å². The lowest BCUT2D eigenvalue weighted by molar-refractivity contribution is -0.123. The third-order valence-electron chi connectivity index (χ3n) is 6.05. The van der Waals surface area contributed by atoms with Gasteiger partial charge in [0.1, 0.15) is 0 Å². The Morgan fingerprint density at radius 1 is 1.11 bits per heavy atom. The highest BCUT2D eigenvalue weighted by Gasteiger charge is 2.36. The molecule has 0 unspecified atom stereocenters. The second kappa shape index (κ2) is 9.40. The van der Waals surface area contributed by atoms with Crippen LogP contribution in [0.15, 0.2) is 47.4 Å². The fourth-order valence-electron chi connectivity index (χ4n) is 4.22. The average Bonchev–Trinajstić information content (AvgIpc) is 3.51. The number of esters is 1. The first kappa shape index (κ1) is 24.0. The van der Waals surface area contributed by atoms with Gasteiger partial charge in [0.25, 0.3) is 11.1 Å². The van der Waals surface area contributed by atoms with E-state index in [0.717, 1.165) is 34.4 Å². The number of methoxy groups -OCH3 is 1. The van der Waals surface area contributed by atoms with Crippen molar-refractivity contribution in [2.24, 2.45) is 0 Å². The monoisotopic (exact) mass is 524 g/mol. The van der Waals surface area contributed by atoms with Gasteiger partial charge in [-0.1, -0.05) is 11.6 Å². The first-order valence-electron chi connectivity index (χ1n) is 11.0. The van der Waals surface area contributed by atoms with Gasteiger partial charge in [0.05, 0.1) is 24.1 Å². The molecule has 0 spiro atoms. The number of fused-ring (bicyclic) bond motifs is 1. The number of ether oxygens (including phenoxy) is 3. The van der Waals surface area contributed by atoms with Gasteiger partial charge in [-0.2, -0.15) is 0 Å². The van der Waals surface area contributed by atoms with E-state index in [4.69, 9.17) is 25.8 Å². The van der Waals surface area contributed by atoms with Gasteiger partial charge >= 0.3 is 5.97 Å².